The Kier molecular flexibility index (Phi) is 4.61. The van der Waals surface area contributed by atoms with Crippen LogP contribution in [-0.4, -0.2) is 18.5 Å². The standard InChI is InChI=1S/C11H11ClN2O4S2/c12-10-2-1-9(3-7(10)5-15)20(17,18)13-4-8-6-19-11(16)14-8/h1-3,6,13,15H,4-5H2,(H,14,16). The molecule has 1 heterocycles. The minimum absolute atomic E-state index is 0.00327. The molecule has 108 valence electrons. The molecule has 0 aliphatic rings. The van der Waals surface area contributed by atoms with Crippen molar-refractivity contribution in [3.8, 4) is 0 Å². The first-order valence-corrected chi connectivity index (χ1v) is 8.22. The molecule has 0 unspecified atom stereocenters. The lowest BCUT2D eigenvalue weighted by atomic mass is 10.2. The molecular formula is C11H11ClN2O4S2. The molecule has 2 rings (SSSR count). The number of aromatic amines is 1. The minimum Gasteiger partial charge on any atom is -0.392 e. The number of aliphatic hydroxyl groups excluding tert-OH is 1. The molecular weight excluding hydrogens is 324 g/mol. The molecule has 0 saturated heterocycles. The number of hydrogen-bond acceptors (Lipinski definition) is 5. The number of H-pyrrole nitrogens is 1. The van der Waals surface area contributed by atoms with Gasteiger partial charge in [0, 0.05) is 16.1 Å². The van der Waals surface area contributed by atoms with E-state index in [9.17, 15) is 13.2 Å². The zero-order valence-corrected chi connectivity index (χ0v) is 12.5. The average Bonchev–Trinajstić information content (AvgIpc) is 2.83. The van der Waals surface area contributed by atoms with Crippen molar-refractivity contribution in [3.63, 3.8) is 0 Å². The van der Waals surface area contributed by atoms with Crippen LogP contribution in [0.25, 0.3) is 0 Å². The topological polar surface area (TPSA) is 99.3 Å². The Morgan fingerprint density at radius 3 is 2.75 bits per heavy atom. The van der Waals surface area contributed by atoms with Crippen molar-refractivity contribution in [2.45, 2.75) is 18.0 Å². The Balaban J connectivity index is 2.19. The first kappa shape index (κ1) is 15.2. The normalized spacial score (nSPS) is 11.7. The van der Waals surface area contributed by atoms with Crippen LogP contribution < -0.4 is 9.60 Å². The predicted octanol–water partition coefficient (Wildman–Crippen LogP) is 1.06. The maximum Gasteiger partial charge on any atom is 0.304 e. The van der Waals surface area contributed by atoms with Crippen molar-refractivity contribution >= 4 is 33.0 Å². The molecule has 6 nitrogen and oxygen atoms in total. The zero-order chi connectivity index (χ0) is 14.8. The largest absolute Gasteiger partial charge is 0.392 e. The van der Waals surface area contributed by atoms with Crippen molar-refractivity contribution in [1.29, 1.82) is 0 Å². The van der Waals surface area contributed by atoms with Crippen LogP contribution in [0.3, 0.4) is 0 Å². The van der Waals surface area contributed by atoms with E-state index in [1.54, 1.807) is 5.38 Å². The number of rotatable bonds is 5. The molecule has 0 radical (unpaired) electrons. The van der Waals surface area contributed by atoms with Crippen molar-refractivity contribution in [3.05, 3.63) is 49.5 Å². The maximum absolute atomic E-state index is 12.1. The number of nitrogens with one attached hydrogen (secondary N) is 2. The summed E-state index contributed by atoms with van der Waals surface area (Å²) in [5.41, 5.74) is 0.818. The zero-order valence-electron chi connectivity index (χ0n) is 10.1. The van der Waals surface area contributed by atoms with Crippen molar-refractivity contribution in [1.82, 2.24) is 9.71 Å². The number of aliphatic hydroxyl groups is 1. The third kappa shape index (κ3) is 3.47. The van der Waals surface area contributed by atoms with Gasteiger partial charge in [-0.3, -0.25) is 4.79 Å². The molecule has 0 fully saturated rings. The average molecular weight is 335 g/mol. The van der Waals surface area contributed by atoms with Gasteiger partial charge in [0.15, 0.2) is 0 Å². The van der Waals surface area contributed by atoms with Crippen molar-refractivity contribution in [2.75, 3.05) is 0 Å². The van der Waals surface area contributed by atoms with Crippen LogP contribution in [-0.2, 0) is 23.2 Å². The van der Waals surface area contributed by atoms with E-state index in [0.717, 1.165) is 11.3 Å². The van der Waals surface area contributed by atoms with E-state index in [2.05, 4.69) is 9.71 Å². The highest BCUT2D eigenvalue weighted by Crippen LogP contribution is 2.20. The second-order valence-electron chi connectivity index (χ2n) is 3.91. The Labute approximate surface area is 124 Å². The van der Waals surface area contributed by atoms with E-state index in [1.807, 2.05) is 0 Å². The molecule has 1 aromatic carbocycles. The van der Waals surface area contributed by atoms with E-state index < -0.39 is 10.0 Å². The van der Waals surface area contributed by atoms with Crippen LogP contribution in [0.2, 0.25) is 5.02 Å². The molecule has 20 heavy (non-hydrogen) atoms. The van der Waals surface area contributed by atoms with Gasteiger partial charge in [0.1, 0.15) is 0 Å². The molecule has 3 N–H and O–H groups in total. The second-order valence-corrected chi connectivity index (χ2v) is 6.93. The summed E-state index contributed by atoms with van der Waals surface area (Å²) >= 11 is 6.77. The SMILES string of the molecule is O=c1[nH]c(CNS(=O)(=O)c2ccc(Cl)c(CO)c2)cs1. The lowest BCUT2D eigenvalue weighted by molar-refractivity contribution is 0.281. The Hall–Kier alpha value is -1.19. The summed E-state index contributed by atoms with van der Waals surface area (Å²) in [6, 6.07) is 4.06. The summed E-state index contributed by atoms with van der Waals surface area (Å²) in [6.45, 7) is -0.363. The maximum atomic E-state index is 12.1. The van der Waals surface area contributed by atoms with Gasteiger partial charge in [-0.25, -0.2) is 13.1 Å². The van der Waals surface area contributed by atoms with E-state index >= 15 is 0 Å². The molecule has 0 aliphatic carbocycles. The Bertz CT molecular complexity index is 767. The van der Waals surface area contributed by atoms with Crippen LogP contribution in [0.5, 0.6) is 0 Å². The number of benzene rings is 1. The van der Waals surface area contributed by atoms with E-state index in [1.165, 1.54) is 18.2 Å². The number of thiazole rings is 1. The molecule has 0 aliphatic heterocycles. The summed E-state index contributed by atoms with van der Waals surface area (Å²) < 4.78 is 26.5. The van der Waals surface area contributed by atoms with Crippen LogP contribution >= 0.6 is 22.9 Å². The van der Waals surface area contributed by atoms with E-state index in [-0.39, 0.29) is 22.9 Å². The van der Waals surface area contributed by atoms with Crippen molar-refractivity contribution in [2.24, 2.45) is 0 Å². The minimum atomic E-state index is -3.74. The van der Waals surface area contributed by atoms with Gasteiger partial charge in [0.05, 0.1) is 18.0 Å². The summed E-state index contributed by atoms with van der Waals surface area (Å²) in [5, 5.41) is 10.9. The van der Waals surface area contributed by atoms with Crippen LogP contribution in [0, 0.1) is 0 Å². The van der Waals surface area contributed by atoms with Gasteiger partial charge >= 0.3 is 4.87 Å². The van der Waals surface area contributed by atoms with Gasteiger partial charge in [0.25, 0.3) is 0 Å². The molecule has 0 saturated carbocycles. The van der Waals surface area contributed by atoms with Crippen LogP contribution in [0.1, 0.15) is 11.3 Å². The summed E-state index contributed by atoms with van der Waals surface area (Å²) in [7, 11) is -3.74. The lowest BCUT2D eigenvalue weighted by Crippen LogP contribution is -2.23. The van der Waals surface area contributed by atoms with Gasteiger partial charge in [-0.2, -0.15) is 0 Å². The third-order valence-electron chi connectivity index (χ3n) is 2.52. The molecule has 0 bridgehead atoms. The fourth-order valence-electron chi connectivity index (χ4n) is 1.50. The van der Waals surface area contributed by atoms with Gasteiger partial charge in [-0.05, 0) is 23.8 Å². The first-order valence-electron chi connectivity index (χ1n) is 5.48. The number of halogens is 1. The third-order valence-corrected chi connectivity index (χ3v) is 5.01. The number of aromatic nitrogens is 1. The fraction of sp³-hybridized carbons (Fsp3) is 0.182. The Morgan fingerprint density at radius 1 is 1.40 bits per heavy atom. The smallest absolute Gasteiger partial charge is 0.304 e. The molecule has 0 atom stereocenters. The van der Waals surface area contributed by atoms with Gasteiger partial charge < -0.3 is 10.1 Å². The first-order chi connectivity index (χ1) is 9.42. The number of sulfonamides is 1. The number of hydrogen-bond donors (Lipinski definition) is 3. The highest BCUT2D eigenvalue weighted by atomic mass is 35.5. The summed E-state index contributed by atoms with van der Waals surface area (Å²) in [4.78, 5) is 13.2. The quantitative estimate of drug-likeness (QED) is 0.761. The molecule has 2 aromatic rings. The van der Waals surface area contributed by atoms with Crippen molar-refractivity contribution < 1.29 is 13.5 Å². The van der Waals surface area contributed by atoms with Gasteiger partial charge in [-0.15, -0.1) is 0 Å². The van der Waals surface area contributed by atoms with Gasteiger partial charge in [-0.1, -0.05) is 22.9 Å². The fourth-order valence-corrected chi connectivity index (χ4v) is 3.31. The lowest BCUT2D eigenvalue weighted by Gasteiger charge is -2.08. The summed E-state index contributed by atoms with van der Waals surface area (Å²) in [6.07, 6.45) is 0. The Morgan fingerprint density at radius 2 is 2.15 bits per heavy atom. The molecule has 9 heteroatoms. The summed E-state index contributed by atoms with van der Waals surface area (Å²) in [5.74, 6) is 0. The van der Waals surface area contributed by atoms with E-state index in [4.69, 9.17) is 16.7 Å². The monoisotopic (exact) mass is 334 g/mol. The molecule has 0 spiro atoms. The van der Waals surface area contributed by atoms with Gasteiger partial charge in [0.2, 0.25) is 10.0 Å². The van der Waals surface area contributed by atoms with Crippen LogP contribution in [0.15, 0.2) is 33.3 Å². The molecule has 0 amide bonds. The molecule has 1 aromatic heterocycles. The highest BCUT2D eigenvalue weighted by molar-refractivity contribution is 7.89. The van der Waals surface area contributed by atoms with E-state index in [0.29, 0.717) is 16.3 Å². The second kappa shape index (κ2) is 6.06. The van der Waals surface area contributed by atoms with Crippen LogP contribution in [0.4, 0.5) is 0 Å². The predicted molar refractivity (Wildman–Crippen MR) is 76.3 cm³/mol. The highest BCUT2D eigenvalue weighted by Gasteiger charge is 2.15.